The van der Waals surface area contributed by atoms with Gasteiger partial charge in [-0.1, -0.05) is 28.8 Å². The van der Waals surface area contributed by atoms with Crippen molar-refractivity contribution >= 4 is 27.5 Å². The SMILES string of the molecule is Nc1cc(Br)ccc1C(=O)N1CCCC2CCCCC21. The van der Waals surface area contributed by atoms with Gasteiger partial charge < -0.3 is 10.6 Å². The standard InChI is InChI=1S/C16H21BrN2O/c17-12-7-8-13(14(18)10-12)16(20)19-9-3-5-11-4-1-2-6-15(11)19/h7-8,10-11,15H,1-6,9,18H2. The Hall–Kier alpha value is -1.03. The van der Waals surface area contributed by atoms with E-state index in [0.29, 0.717) is 23.2 Å². The predicted molar refractivity (Wildman–Crippen MR) is 84.6 cm³/mol. The fraction of sp³-hybridized carbons (Fsp3) is 0.562. The second kappa shape index (κ2) is 5.76. The van der Waals surface area contributed by atoms with E-state index in [2.05, 4.69) is 20.8 Å². The van der Waals surface area contributed by atoms with E-state index in [0.717, 1.165) is 23.9 Å². The fourth-order valence-electron chi connectivity index (χ4n) is 3.76. The van der Waals surface area contributed by atoms with E-state index in [4.69, 9.17) is 5.73 Å². The van der Waals surface area contributed by atoms with Gasteiger partial charge in [0, 0.05) is 22.7 Å². The Morgan fingerprint density at radius 1 is 1.20 bits per heavy atom. The molecule has 2 fully saturated rings. The number of halogens is 1. The van der Waals surface area contributed by atoms with Crippen molar-refractivity contribution < 1.29 is 4.79 Å². The Labute approximate surface area is 128 Å². The maximum atomic E-state index is 12.8. The Balaban J connectivity index is 1.85. The quantitative estimate of drug-likeness (QED) is 0.792. The molecule has 1 heterocycles. The van der Waals surface area contributed by atoms with Crippen LogP contribution in [0.15, 0.2) is 22.7 Å². The summed E-state index contributed by atoms with van der Waals surface area (Å²) < 4.78 is 0.917. The van der Waals surface area contributed by atoms with E-state index in [1.807, 2.05) is 18.2 Å². The average molecular weight is 337 g/mol. The van der Waals surface area contributed by atoms with E-state index in [9.17, 15) is 4.79 Å². The average Bonchev–Trinajstić information content (AvgIpc) is 2.46. The zero-order valence-corrected chi connectivity index (χ0v) is 13.2. The van der Waals surface area contributed by atoms with Crippen LogP contribution < -0.4 is 5.73 Å². The molecule has 1 aliphatic carbocycles. The van der Waals surface area contributed by atoms with Gasteiger partial charge in [-0.25, -0.2) is 0 Å². The number of nitrogens with zero attached hydrogens (tertiary/aromatic N) is 1. The number of fused-ring (bicyclic) bond motifs is 1. The lowest BCUT2D eigenvalue weighted by Crippen LogP contribution is -2.49. The number of benzene rings is 1. The highest BCUT2D eigenvalue weighted by Crippen LogP contribution is 2.36. The third-order valence-corrected chi connectivity index (χ3v) is 5.24. The number of carbonyl (C=O) groups excluding carboxylic acids is 1. The minimum Gasteiger partial charge on any atom is -0.398 e. The molecular formula is C16H21BrN2O. The first-order valence-corrected chi connectivity index (χ1v) is 8.32. The zero-order valence-electron chi connectivity index (χ0n) is 11.6. The number of piperidine rings is 1. The fourth-order valence-corrected chi connectivity index (χ4v) is 4.14. The van der Waals surface area contributed by atoms with Crippen LogP contribution in [0, 0.1) is 5.92 Å². The van der Waals surface area contributed by atoms with E-state index >= 15 is 0 Å². The van der Waals surface area contributed by atoms with Crippen LogP contribution in [0.1, 0.15) is 48.9 Å². The van der Waals surface area contributed by atoms with Crippen molar-refractivity contribution in [2.45, 2.75) is 44.6 Å². The highest BCUT2D eigenvalue weighted by atomic mass is 79.9. The summed E-state index contributed by atoms with van der Waals surface area (Å²) in [5, 5.41) is 0. The summed E-state index contributed by atoms with van der Waals surface area (Å²) in [5.41, 5.74) is 7.24. The number of carbonyl (C=O) groups is 1. The third kappa shape index (κ3) is 2.58. The molecule has 3 nitrogen and oxygen atoms in total. The van der Waals surface area contributed by atoms with E-state index in [1.165, 1.54) is 25.7 Å². The number of hydrogen-bond acceptors (Lipinski definition) is 2. The number of nitrogen functional groups attached to an aromatic ring is 1. The summed E-state index contributed by atoms with van der Waals surface area (Å²) >= 11 is 3.39. The molecule has 20 heavy (non-hydrogen) atoms. The van der Waals surface area contributed by atoms with Crippen LogP contribution in [-0.4, -0.2) is 23.4 Å². The molecular weight excluding hydrogens is 316 g/mol. The summed E-state index contributed by atoms with van der Waals surface area (Å²) in [6.07, 6.45) is 7.43. The van der Waals surface area contributed by atoms with E-state index in [1.54, 1.807) is 0 Å². The van der Waals surface area contributed by atoms with Crippen LogP contribution in [0.2, 0.25) is 0 Å². The lowest BCUT2D eigenvalue weighted by atomic mass is 9.78. The van der Waals surface area contributed by atoms with Crippen molar-refractivity contribution in [1.29, 1.82) is 0 Å². The number of rotatable bonds is 1. The Kier molecular flexibility index (Phi) is 4.01. The number of nitrogens with two attached hydrogens (primary N) is 1. The van der Waals surface area contributed by atoms with Crippen molar-refractivity contribution in [1.82, 2.24) is 4.90 Å². The molecule has 2 aliphatic rings. The van der Waals surface area contributed by atoms with Gasteiger partial charge in [0.05, 0.1) is 5.56 Å². The van der Waals surface area contributed by atoms with Crippen LogP contribution in [-0.2, 0) is 0 Å². The molecule has 0 aromatic heterocycles. The summed E-state index contributed by atoms with van der Waals surface area (Å²) in [7, 11) is 0. The van der Waals surface area contributed by atoms with Crippen molar-refractivity contribution in [2.75, 3.05) is 12.3 Å². The lowest BCUT2D eigenvalue weighted by molar-refractivity contribution is 0.0391. The molecule has 1 saturated carbocycles. The van der Waals surface area contributed by atoms with Gasteiger partial charge >= 0.3 is 0 Å². The predicted octanol–water partition coefficient (Wildman–Crippen LogP) is 3.83. The van der Waals surface area contributed by atoms with Gasteiger partial charge in [-0.3, -0.25) is 4.79 Å². The molecule has 0 radical (unpaired) electrons. The first-order chi connectivity index (χ1) is 9.66. The van der Waals surface area contributed by atoms with Crippen molar-refractivity contribution in [3.63, 3.8) is 0 Å². The van der Waals surface area contributed by atoms with E-state index < -0.39 is 0 Å². The number of hydrogen-bond donors (Lipinski definition) is 1. The topological polar surface area (TPSA) is 46.3 Å². The number of anilines is 1. The molecule has 1 amide bonds. The normalized spacial score (nSPS) is 26.1. The molecule has 1 aromatic rings. The van der Waals surface area contributed by atoms with Crippen LogP contribution in [0.25, 0.3) is 0 Å². The van der Waals surface area contributed by atoms with Gasteiger partial charge in [-0.15, -0.1) is 0 Å². The molecule has 1 aromatic carbocycles. The van der Waals surface area contributed by atoms with Crippen molar-refractivity contribution in [3.05, 3.63) is 28.2 Å². The van der Waals surface area contributed by atoms with Crippen molar-refractivity contribution in [3.8, 4) is 0 Å². The second-order valence-corrected chi connectivity index (χ2v) is 6.90. The maximum Gasteiger partial charge on any atom is 0.256 e. The van der Waals surface area contributed by atoms with E-state index in [-0.39, 0.29) is 5.91 Å². The van der Waals surface area contributed by atoms with Crippen LogP contribution in [0.4, 0.5) is 5.69 Å². The molecule has 2 unspecified atom stereocenters. The molecule has 1 aliphatic heterocycles. The summed E-state index contributed by atoms with van der Waals surface area (Å²) in [6.45, 7) is 0.884. The zero-order chi connectivity index (χ0) is 14.1. The molecule has 0 spiro atoms. The first kappa shape index (κ1) is 13.9. The van der Waals surface area contributed by atoms with Gasteiger partial charge in [-0.05, 0) is 49.8 Å². The summed E-state index contributed by atoms with van der Waals surface area (Å²) in [5.74, 6) is 0.824. The van der Waals surface area contributed by atoms with Gasteiger partial charge in [0.1, 0.15) is 0 Å². The highest BCUT2D eigenvalue weighted by Gasteiger charge is 2.36. The van der Waals surface area contributed by atoms with Crippen LogP contribution in [0.5, 0.6) is 0 Å². The monoisotopic (exact) mass is 336 g/mol. The molecule has 108 valence electrons. The molecule has 2 N–H and O–H groups in total. The van der Waals surface area contributed by atoms with Gasteiger partial charge in [0.25, 0.3) is 5.91 Å². The third-order valence-electron chi connectivity index (χ3n) is 4.75. The number of likely N-dealkylation sites (tertiary alicyclic amines) is 1. The smallest absolute Gasteiger partial charge is 0.256 e. The van der Waals surface area contributed by atoms with Gasteiger partial charge in [-0.2, -0.15) is 0 Å². The van der Waals surface area contributed by atoms with Crippen LogP contribution >= 0.6 is 15.9 Å². The second-order valence-electron chi connectivity index (χ2n) is 5.98. The maximum absolute atomic E-state index is 12.8. The highest BCUT2D eigenvalue weighted by molar-refractivity contribution is 9.10. The summed E-state index contributed by atoms with van der Waals surface area (Å²) in [4.78, 5) is 14.9. The van der Waals surface area contributed by atoms with Crippen LogP contribution in [0.3, 0.4) is 0 Å². The minimum absolute atomic E-state index is 0.117. The van der Waals surface area contributed by atoms with Crippen molar-refractivity contribution in [2.24, 2.45) is 5.92 Å². The summed E-state index contributed by atoms with van der Waals surface area (Å²) in [6, 6.07) is 5.99. The molecule has 2 atom stereocenters. The Bertz CT molecular complexity index is 515. The largest absolute Gasteiger partial charge is 0.398 e. The van der Waals surface area contributed by atoms with Gasteiger partial charge in [0.15, 0.2) is 0 Å². The molecule has 4 heteroatoms. The number of amides is 1. The molecule has 1 saturated heterocycles. The Morgan fingerprint density at radius 3 is 2.75 bits per heavy atom. The minimum atomic E-state index is 0.117. The molecule has 3 rings (SSSR count). The van der Waals surface area contributed by atoms with Gasteiger partial charge in [0.2, 0.25) is 0 Å². The molecule has 0 bridgehead atoms. The first-order valence-electron chi connectivity index (χ1n) is 7.53. The Morgan fingerprint density at radius 2 is 1.95 bits per heavy atom. The lowest BCUT2D eigenvalue weighted by Gasteiger charge is -2.44.